The molecule has 0 bridgehead atoms. The SMILES string of the molecule is CN[C@H]1CC[C@H](N(Cc2cc(-c3cccc(C(C)=O)c3)ccc2OC)C(=O)c2sc3c(F)ccc(C)c3c2Cl)CC1. The number of methoxy groups -OCH3 is 1. The molecular formula is C33H34ClFN2O3S. The number of fused-ring (bicyclic) bond motifs is 1. The number of aryl methyl sites for hydroxylation is 1. The lowest BCUT2D eigenvalue weighted by Crippen LogP contribution is -2.44. The van der Waals surface area contributed by atoms with Crippen molar-refractivity contribution in [3.8, 4) is 16.9 Å². The Kier molecular flexibility index (Phi) is 8.78. The van der Waals surface area contributed by atoms with E-state index in [1.54, 1.807) is 26.2 Å². The molecule has 41 heavy (non-hydrogen) atoms. The van der Waals surface area contributed by atoms with Gasteiger partial charge in [0, 0.05) is 35.1 Å². The molecule has 214 valence electrons. The Balaban J connectivity index is 1.56. The Labute approximate surface area is 249 Å². The second-order valence-electron chi connectivity index (χ2n) is 10.7. The minimum Gasteiger partial charge on any atom is -0.496 e. The fraction of sp³-hybridized carbons (Fsp3) is 0.333. The number of ether oxygens (including phenoxy) is 1. The minimum atomic E-state index is -0.375. The number of hydrogen-bond donors (Lipinski definition) is 1. The number of ketones is 1. The number of halogens is 2. The smallest absolute Gasteiger partial charge is 0.266 e. The standard InChI is InChI=1S/C33H34ClFN2O3S/c1-19-8-14-27(35)31-29(19)30(34)32(41-31)33(39)37(26-12-10-25(36-3)11-13-26)18-24-17-23(9-15-28(24)40-4)22-7-5-6-21(16-22)20(2)38/h5-9,14-17,25-26,36H,10-13,18H2,1-4H3/t25-,26-. The summed E-state index contributed by atoms with van der Waals surface area (Å²) in [5.41, 5.74) is 4.16. The predicted octanol–water partition coefficient (Wildman–Crippen LogP) is 8.05. The topological polar surface area (TPSA) is 58.6 Å². The van der Waals surface area contributed by atoms with Crippen molar-refractivity contribution in [3.63, 3.8) is 0 Å². The third-order valence-corrected chi connectivity index (χ3v) is 9.84. The van der Waals surface area contributed by atoms with Gasteiger partial charge in [0.1, 0.15) is 16.4 Å². The molecule has 1 fully saturated rings. The molecule has 8 heteroatoms. The van der Waals surface area contributed by atoms with Crippen molar-refractivity contribution in [1.29, 1.82) is 0 Å². The van der Waals surface area contributed by atoms with Crippen LogP contribution in [0.1, 0.15) is 63.8 Å². The van der Waals surface area contributed by atoms with Crippen LogP contribution in [0.15, 0.2) is 54.6 Å². The normalized spacial score (nSPS) is 17.0. The van der Waals surface area contributed by atoms with Gasteiger partial charge in [0.15, 0.2) is 5.78 Å². The third kappa shape index (κ3) is 5.89. The summed E-state index contributed by atoms with van der Waals surface area (Å²) in [7, 11) is 3.59. The van der Waals surface area contributed by atoms with Gasteiger partial charge in [-0.3, -0.25) is 9.59 Å². The number of amides is 1. The van der Waals surface area contributed by atoms with E-state index in [2.05, 4.69) is 5.32 Å². The van der Waals surface area contributed by atoms with Crippen molar-refractivity contribution in [2.75, 3.05) is 14.2 Å². The quantitative estimate of drug-likeness (QED) is 0.210. The van der Waals surface area contributed by atoms with Crippen LogP contribution < -0.4 is 10.1 Å². The van der Waals surface area contributed by atoms with Crippen LogP contribution in [0, 0.1) is 12.7 Å². The van der Waals surface area contributed by atoms with Crippen molar-refractivity contribution >= 4 is 44.7 Å². The van der Waals surface area contributed by atoms with Gasteiger partial charge in [0.25, 0.3) is 5.91 Å². The van der Waals surface area contributed by atoms with Crippen LogP contribution in [0.5, 0.6) is 5.75 Å². The van der Waals surface area contributed by atoms with Crippen molar-refractivity contribution in [3.05, 3.63) is 87.0 Å². The highest BCUT2D eigenvalue weighted by molar-refractivity contribution is 7.21. The molecule has 5 nitrogen and oxygen atoms in total. The van der Waals surface area contributed by atoms with E-state index in [-0.39, 0.29) is 23.5 Å². The van der Waals surface area contributed by atoms with Crippen LogP contribution in [0.25, 0.3) is 21.2 Å². The molecule has 0 saturated heterocycles. The Bertz CT molecular complexity index is 1610. The second-order valence-corrected chi connectivity index (χ2v) is 12.1. The van der Waals surface area contributed by atoms with E-state index in [0.717, 1.165) is 59.3 Å². The zero-order valence-corrected chi connectivity index (χ0v) is 25.3. The molecule has 0 aliphatic heterocycles. The molecule has 3 aromatic carbocycles. The van der Waals surface area contributed by atoms with E-state index >= 15 is 0 Å². The Hall–Kier alpha value is -3.26. The molecule has 0 unspecified atom stereocenters. The Morgan fingerprint density at radius 2 is 1.80 bits per heavy atom. The van der Waals surface area contributed by atoms with E-state index < -0.39 is 0 Å². The van der Waals surface area contributed by atoms with Gasteiger partial charge in [-0.1, -0.05) is 41.9 Å². The lowest BCUT2D eigenvalue weighted by atomic mass is 9.89. The minimum absolute atomic E-state index is 0.00131. The molecule has 0 atom stereocenters. The molecule has 1 saturated carbocycles. The molecule has 1 amide bonds. The van der Waals surface area contributed by atoms with Crippen molar-refractivity contribution < 1.29 is 18.7 Å². The van der Waals surface area contributed by atoms with Crippen LogP contribution in [0.4, 0.5) is 4.39 Å². The highest BCUT2D eigenvalue weighted by Gasteiger charge is 2.32. The molecule has 1 N–H and O–H groups in total. The maximum Gasteiger partial charge on any atom is 0.266 e. The first kappa shape index (κ1) is 29.2. The molecule has 0 radical (unpaired) electrons. The maximum absolute atomic E-state index is 14.8. The highest BCUT2D eigenvalue weighted by Crippen LogP contribution is 2.41. The van der Waals surface area contributed by atoms with Gasteiger partial charge in [-0.15, -0.1) is 11.3 Å². The first-order valence-electron chi connectivity index (χ1n) is 13.9. The second kappa shape index (κ2) is 12.3. The van der Waals surface area contributed by atoms with Gasteiger partial charge in [0.05, 0.1) is 16.8 Å². The summed E-state index contributed by atoms with van der Waals surface area (Å²) in [6.07, 6.45) is 3.59. The number of rotatable bonds is 8. The van der Waals surface area contributed by atoms with E-state index in [1.807, 2.05) is 55.3 Å². The van der Waals surface area contributed by atoms with Gasteiger partial charge in [-0.2, -0.15) is 0 Å². The number of thiophene rings is 1. The molecule has 1 aliphatic carbocycles. The van der Waals surface area contributed by atoms with E-state index in [1.165, 1.54) is 6.07 Å². The van der Waals surface area contributed by atoms with Gasteiger partial charge >= 0.3 is 0 Å². The van der Waals surface area contributed by atoms with E-state index in [4.69, 9.17) is 16.3 Å². The summed E-state index contributed by atoms with van der Waals surface area (Å²) in [6, 6.07) is 16.9. The summed E-state index contributed by atoms with van der Waals surface area (Å²) in [6.45, 7) is 3.74. The number of benzene rings is 3. The number of nitrogens with one attached hydrogen (secondary N) is 1. The van der Waals surface area contributed by atoms with Gasteiger partial charge < -0.3 is 15.0 Å². The summed E-state index contributed by atoms with van der Waals surface area (Å²) >= 11 is 7.92. The van der Waals surface area contributed by atoms with Crippen molar-refractivity contribution in [2.24, 2.45) is 0 Å². The highest BCUT2D eigenvalue weighted by atomic mass is 35.5. The predicted molar refractivity (Wildman–Crippen MR) is 165 cm³/mol. The fourth-order valence-electron chi connectivity index (χ4n) is 5.78. The van der Waals surface area contributed by atoms with Crippen molar-refractivity contribution in [2.45, 2.75) is 58.2 Å². The average Bonchev–Trinajstić information content (AvgIpc) is 3.35. The molecule has 4 aromatic rings. The zero-order valence-electron chi connectivity index (χ0n) is 23.7. The Morgan fingerprint density at radius 1 is 1.07 bits per heavy atom. The van der Waals surface area contributed by atoms with E-state index in [0.29, 0.717) is 43.9 Å². The lowest BCUT2D eigenvalue weighted by Gasteiger charge is -2.37. The molecule has 0 spiro atoms. The van der Waals surface area contributed by atoms with Gasteiger partial charge in [-0.25, -0.2) is 4.39 Å². The molecule has 1 aromatic heterocycles. The van der Waals surface area contributed by atoms with Gasteiger partial charge in [0.2, 0.25) is 0 Å². The molecule has 1 aliphatic rings. The zero-order chi connectivity index (χ0) is 29.3. The van der Waals surface area contributed by atoms with Crippen molar-refractivity contribution in [1.82, 2.24) is 10.2 Å². The number of carbonyl (C=O) groups excluding carboxylic acids is 2. The van der Waals surface area contributed by atoms with Crippen LogP contribution in [0.3, 0.4) is 0 Å². The third-order valence-electron chi connectivity index (χ3n) is 8.17. The largest absolute Gasteiger partial charge is 0.496 e. The number of nitrogens with zero attached hydrogens (tertiary/aromatic N) is 1. The number of Topliss-reactive ketones (excluding diaryl/α,β-unsaturated/α-hetero) is 1. The first-order chi connectivity index (χ1) is 19.7. The fourth-order valence-corrected chi connectivity index (χ4v) is 7.41. The van der Waals surface area contributed by atoms with Crippen LogP contribution in [-0.4, -0.2) is 42.8 Å². The lowest BCUT2D eigenvalue weighted by molar-refractivity contribution is 0.0604. The Morgan fingerprint density at radius 3 is 2.46 bits per heavy atom. The van der Waals surface area contributed by atoms with Gasteiger partial charge in [-0.05, 0) is 87.5 Å². The maximum atomic E-state index is 14.8. The molecular weight excluding hydrogens is 559 g/mol. The monoisotopic (exact) mass is 592 g/mol. The summed E-state index contributed by atoms with van der Waals surface area (Å²) < 4.78 is 20.9. The molecule has 1 heterocycles. The first-order valence-corrected chi connectivity index (χ1v) is 15.0. The summed E-state index contributed by atoms with van der Waals surface area (Å²) in [5, 5.41) is 4.27. The van der Waals surface area contributed by atoms with E-state index in [9.17, 15) is 14.0 Å². The molecule has 5 rings (SSSR count). The number of carbonyl (C=O) groups is 2. The number of hydrogen-bond acceptors (Lipinski definition) is 5. The summed E-state index contributed by atoms with van der Waals surface area (Å²) in [4.78, 5) is 28.6. The average molecular weight is 593 g/mol. The van der Waals surface area contributed by atoms with Crippen LogP contribution in [-0.2, 0) is 6.54 Å². The van der Waals surface area contributed by atoms with Crippen LogP contribution >= 0.6 is 22.9 Å². The van der Waals surface area contributed by atoms with Crippen LogP contribution in [0.2, 0.25) is 5.02 Å². The summed E-state index contributed by atoms with van der Waals surface area (Å²) in [5.74, 6) is 0.0951.